The summed E-state index contributed by atoms with van der Waals surface area (Å²) in [6.07, 6.45) is 5.61. The van der Waals surface area contributed by atoms with E-state index in [9.17, 15) is 0 Å². The summed E-state index contributed by atoms with van der Waals surface area (Å²) in [5.41, 5.74) is 7.17. The van der Waals surface area contributed by atoms with Crippen LogP contribution in [0.15, 0.2) is 70.6 Å². The smallest absolute Gasteiger partial charge is 0.222 e. The zero-order valence-electron chi connectivity index (χ0n) is 22.2. The van der Waals surface area contributed by atoms with Crippen LogP contribution in [0, 0.1) is 12.8 Å². The SMILES string of the molecule is Cc1c2c(c(CC(C)C)c3ccccc13)Sc1cc3ccc(C4CCOCC4)cc3c3cc[n+](C)c-2c13. The van der Waals surface area contributed by atoms with E-state index in [0.29, 0.717) is 11.8 Å². The number of pyridine rings is 1. The second-order valence-corrected chi connectivity index (χ2v) is 12.4. The molecule has 0 atom stereocenters. The van der Waals surface area contributed by atoms with Gasteiger partial charge < -0.3 is 4.74 Å². The molecule has 3 heteroatoms. The number of nitrogens with zero attached hydrogens (tertiary/aromatic N) is 1. The fourth-order valence-electron chi connectivity index (χ4n) is 6.71. The first-order chi connectivity index (χ1) is 18.0. The Morgan fingerprint density at radius 3 is 2.51 bits per heavy atom. The molecule has 37 heavy (non-hydrogen) atoms. The van der Waals surface area contributed by atoms with Gasteiger partial charge in [-0.15, -0.1) is 0 Å². The molecule has 7 rings (SSSR count). The zero-order valence-corrected chi connectivity index (χ0v) is 23.0. The zero-order chi connectivity index (χ0) is 25.3. The molecule has 1 saturated heterocycles. The van der Waals surface area contributed by atoms with Crippen molar-refractivity contribution in [2.45, 2.75) is 55.7 Å². The van der Waals surface area contributed by atoms with Crippen LogP contribution in [0.3, 0.4) is 0 Å². The van der Waals surface area contributed by atoms with E-state index in [-0.39, 0.29) is 0 Å². The largest absolute Gasteiger partial charge is 0.381 e. The van der Waals surface area contributed by atoms with E-state index in [0.717, 1.165) is 32.5 Å². The minimum absolute atomic E-state index is 0.599. The molecule has 1 aromatic heterocycles. The summed E-state index contributed by atoms with van der Waals surface area (Å²) < 4.78 is 8.01. The normalized spacial score (nSPS) is 15.7. The maximum Gasteiger partial charge on any atom is 0.222 e. The van der Waals surface area contributed by atoms with Crippen molar-refractivity contribution in [3.63, 3.8) is 0 Å². The van der Waals surface area contributed by atoms with Crippen molar-refractivity contribution in [1.29, 1.82) is 0 Å². The van der Waals surface area contributed by atoms with Gasteiger partial charge in [0, 0.05) is 34.5 Å². The van der Waals surface area contributed by atoms with Crippen LogP contribution in [0.1, 0.15) is 49.3 Å². The van der Waals surface area contributed by atoms with Crippen LogP contribution >= 0.6 is 11.8 Å². The van der Waals surface area contributed by atoms with E-state index in [1.54, 1.807) is 0 Å². The lowest BCUT2D eigenvalue weighted by atomic mass is 9.87. The Hall–Kier alpha value is -2.88. The average molecular weight is 505 g/mol. The summed E-state index contributed by atoms with van der Waals surface area (Å²) in [5.74, 6) is 1.20. The molecule has 5 aromatic rings. The maximum atomic E-state index is 5.65. The third kappa shape index (κ3) is 3.62. The Kier molecular flexibility index (Phi) is 5.56. The molecule has 3 heterocycles. The van der Waals surface area contributed by atoms with E-state index in [1.807, 2.05) is 11.8 Å². The lowest BCUT2D eigenvalue weighted by Crippen LogP contribution is -2.32. The molecule has 1 fully saturated rings. The van der Waals surface area contributed by atoms with Crippen molar-refractivity contribution in [3.8, 4) is 11.3 Å². The van der Waals surface area contributed by atoms with Gasteiger partial charge in [0.15, 0.2) is 6.20 Å². The summed E-state index contributed by atoms with van der Waals surface area (Å²) in [6, 6.07) is 21.0. The van der Waals surface area contributed by atoms with E-state index in [1.165, 1.54) is 70.1 Å². The van der Waals surface area contributed by atoms with Crippen molar-refractivity contribution in [1.82, 2.24) is 0 Å². The predicted molar refractivity (Wildman–Crippen MR) is 156 cm³/mol. The first-order valence-corrected chi connectivity index (χ1v) is 14.5. The van der Waals surface area contributed by atoms with Gasteiger partial charge in [-0.2, -0.15) is 0 Å². The van der Waals surface area contributed by atoms with Gasteiger partial charge in [-0.3, -0.25) is 0 Å². The fourth-order valence-corrected chi connectivity index (χ4v) is 8.09. The van der Waals surface area contributed by atoms with Gasteiger partial charge in [0.05, 0.1) is 10.9 Å². The van der Waals surface area contributed by atoms with Crippen LogP contribution in [0.2, 0.25) is 0 Å². The van der Waals surface area contributed by atoms with Crippen LogP contribution in [-0.2, 0) is 18.2 Å². The van der Waals surface area contributed by atoms with Gasteiger partial charge >= 0.3 is 0 Å². The van der Waals surface area contributed by atoms with Crippen LogP contribution < -0.4 is 4.57 Å². The minimum Gasteiger partial charge on any atom is -0.381 e. The number of hydrogen-bond acceptors (Lipinski definition) is 2. The molecule has 186 valence electrons. The number of ether oxygens (including phenoxy) is 1. The van der Waals surface area contributed by atoms with Crippen molar-refractivity contribution in [3.05, 3.63) is 77.5 Å². The second kappa shape index (κ2) is 8.85. The molecule has 0 N–H and O–H groups in total. The van der Waals surface area contributed by atoms with Gasteiger partial charge in [-0.05, 0) is 82.3 Å². The summed E-state index contributed by atoms with van der Waals surface area (Å²) >= 11 is 2.00. The van der Waals surface area contributed by atoms with E-state index < -0.39 is 0 Å². The van der Waals surface area contributed by atoms with Gasteiger partial charge in [0.25, 0.3) is 0 Å². The number of fused-ring (bicyclic) bond motifs is 5. The molecule has 0 bridgehead atoms. The molecule has 0 unspecified atom stereocenters. The fraction of sp³-hybridized carbons (Fsp3) is 0.324. The third-order valence-electron chi connectivity index (χ3n) is 8.51. The topological polar surface area (TPSA) is 13.1 Å². The molecular weight excluding hydrogens is 470 g/mol. The predicted octanol–water partition coefficient (Wildman–Crippen LogP) is 8.50. The molecule has 0 amide bonds. The first-order valence-electron chi connectivity index (χ1n) is 13.7. The molecular formula is C34H34NOS+. The lowest BCUT2D eigenvalue weighted by Gasteiger charge is -2.26. The number of aromatic nitrogens is 1. The molecule has 0 radical (unpaired) electrons. The van der Waals surface area contributed by atoms with E-state index >= 15 is 0 Å². The summed E-state index contributed by atoms with van der Waals surface area (Å²) in [4.78, 5) is 2.85. The third-order valence-corrected chi connectivity index (χ3v) is 9.71. The van der Waals surface area contributed by atoms with Crippen molar-refractivity contribution < 1.29 is 9.30 Å². The van der Waals surface area contributed by atoms with Crippen LogP contribution in [-0.4, -0.2) is 13.2 Å². The second-order valence-electron chi connectivity index (χ2n) is 11.4. The van der Waals surface area contributed by atoms with Crippen LogP contribution in [0.25, 0.3) is 43.6 Å². The van der Waals surface area contributed by atoms with Gasteiger partial charge in [-0.25, -0.2) is 4.57 Å². The molecule has 2 nitrogen and oxygen atoms in total. The van der Waals surface area contributed by atoms with Gasteiger partial charge in [0.1, 0.15) is 7.05 Å². The highest BCUT2D eigenvalue weighted by atomic mass is 32.2. The van der Waals surface area contributed by atoms with Crippen molar-refractivity contribution in [2.24, 2.45) is 13.0 Å². The standard InChI is InChI=1S/C34H34NOS/c1-20(2)17-29-26-8-6-5-7-25(26)21(3)31-33-32-27(11-14-35(33)4)28-18-23(22-12-15-36-16-13-22)9-10-24(28)19-30(32)37-34(29)31/h5-11,14,18-20,22H,12-13,15-17H2,1-4H3/q+1. The summed E-state index contributed by atoms with van der Waals surface area (Å²) in [7, 11) is 2.22. The molecule has 0 spiro atoms. The number of rotatable bonds is 3. The Bertz CT molecular complexity index is 1710. The summed E-state index contributed by atoms with van der Waals surface area (Å²) in [5, 5.41) is 8.32. The van der Waals surface area contributed by atoms with Crippen molar-refractivity contribution in [2.75, 3.05) is 13.2 Å². The highest BCUT2D eigenvalue weighted by molar-refractivity contribution is 8.00. The molecule has 4 aromatic carbocycles. The Morgan fingerprint density at radius 1 is 0.946 bits per heavy atom. The molecule has 0 saturated carbocycles. The number of hydrogen-bond donors (Lipinski definition) is 0. The number of benzene rings is 4. The first kappa shape index (κ1) is 23.3. The molecule has 2 aliphatic heterocycles. The van der Waals surface area contributed by atoms with Crippen molar-refractivity contribution >= 4 is 44.1 Å². The Labute approximate surface area is 223 Å². The minimum atomic E-state index is 0.599. The monoisotopic (exact) mass is 504 g/mol. The number of aryl methyl sites for hydroxylation is 2. The maximum absolute atomic E-state index is 5.65. The Balaban J connectivity index is 1.55. The average Bonchev–Trinajstić information content (AvgIpc) is 2.92. The van der Waals surface area contributed by atoms with Gasteiger partial charge in [0.2, 0.25) is 5.69 Å². The highest BCUT2D eigenvalue weighted by Gasteiger charge is 2.32. The van der Waals surface area contributed by atoms with Crippen LogP contribution in [0.4, 0.5) is 0 Å². The van der Waals surface area contributed by atoms with E-state index in [2.05, 4.69) is 93.2 Å². The lowest BCUT2D eigenvalue weighted by molar-refractivity contribution is -0.659. The highest BCUT2D eigenvalue weighted by Crippen LogP contribution is 2.53. The van der Waals surface area contributed by atoms with Gasteiger partial charge in [-0.1, -0.05) is 68.1 Å². The Morgan fingerprint density at radius 2 is 1.73 bits per heavy atom. The van der Waals surface area contributed by atoms with Crippen LogP contribution in [0.5, 0.6) is 0 Å². The molecule has 0 aliphatic carbocycles. The van der Waals surface area contributed by atoms with E-state index in [4.69, 9.17) is 4.74 Å². The molecule has 2 aliphatic rings. The summed E-state index contributed by atoms with van der Waals surface area (Å²) in [6.45, 7) is 8.76. The quantitative estimate of drug-likeness (QED) is 0.177.